The van der Waals surface area contributed by atoms with E-state index in [2.05, 4.69) is 10.2 Å². The van der Waals surface area contributed by atoms with Gasteiger partial charge in [-0.05, 0) is 14.1 Å². The number of likely N-dealkylation sites (N-methyl/N-ethyl adjacent to an activating group) is 1. The van der Waals surface area contributed by atoms with Crippen LogP contribution in [0.3, 0.4) is 0 Å². The van der Waals surface area contributed by atoms with Crippen LogP contribution in [0, 0.1) is 0 Å². The summed E-state index contributed by atoms with van der Waals surface area (Å²) in [4.78, 5) is 26.2. The third-order valence-corrected chi connectivity index (χ3v) is 3.09. The number of benzene rings is 1. The van der Waals surface area contributed by atoms with E-state index in [9.17, 15) is 9.59 Å². The Labute approximate surface area is 113 Å². The van der Waals surface area contributed by atoms with E-state index in [0.29, 0.717) is 23.2 Å². The minimum atomic E-state index is -0.157. The summed E-state index contributed by atoms with van der Waals surface area (Å²) in [5.74, 6) is -0.315. The number of carbonyl (C=O) groups excluding carboxylic acids is 2. The summed E-state index contributed by atoms with van der Waals surface area (Å²) in [6.45, 7) is 2.28. The second-order valence-corrected chi connectivity index (χ2v) is 4.83. The SMILES string of the molecule is CN(C)CCNCC=C1C(=O)c2ccccc2C1=O. The highest BCUT2D eigenvalue weighted by atomic mass is 16.2. The largest absolute Gasteiger partial charge is 0.312 e. The zero-order valence-electron chi connectivity index (χ0n) is 11.3. The molecule has 2 rings (SSSR count). The van der Waals surface area contributed by atoms with Gasteiger partial charge in [-0.15, -0.1) is 0 Å². The first-order valence-corrected chi connectivity index (χ1v) is 6.35. The smallest absolute Gasteiger partial charge is 0.197 e. The van der Waals surface area contributed by atoms with Gasteiger partial charge in [-0.1, -0.05) is 30.3 Å². The van der Waals surface area contributed by atoms with Crippen LogP contribution in [0.5, 0.6) is 0 Å². The van der Waals surface area contributed by atoms with Gasteiger partial charge in [0, 0.05) is 30.8 Å². The van der Waals surface area contributed by atoms with Crippen molar-refractivity contribution in [3.63, 3.8) is 0 Å². The summed E-state index contributed by atoms with van der Waals surface area (Å²) in [5.41, 5.74) is 1.33. The topological polar surface area (TPSA) is 49.4 Å². The van der Waals surface area contributed by atoms with E-state index in [0.717, 1.165) is 13.1 Å². The van der Waals surface area contributed by atoms with Gasteiger partial charge >= 0.3 is 0 Å². The molecule has 1 aromatic carbocycles. The Balaban J connectivity index is 2.00. The summed E-state index contributed by atoms with van der Waals surface area (Å²) >= 11 is 0. The van der Waals surface area contributed by atoms with Crippen molar-refractivity contribution >= 4 is 11.6 Å². The summed E-state index contributed by atoms with van der Waals surface area (Å²) in [5, 5.41) is 3.19. The number of ketones is 2. The van der Waals surface area contributed by atoms with E-state index in [1.807, 2.05) is 14.1 Å². The van der Waals surface area contributed by atoms with Crippen molar-refractivity contribution in [2.75, 3.05) is 33.7 Å². The number of fused-ring (bicyclic) bond motifs is 1. The second kappa shape index (κ2) is 5.91. The van der Waals surface area contributed by atoms with E-state index in [-0.39, 0.29) is 11.6 Å². The van der Waals surface area contributed by atoms with E-state index in [1.165, 1.54) is 0 Å². The summed E-state index contributed by atoms with van der Waals surface area (Å²) in [7, 11) is 4.00. The maximum atomic E-state index is 12.1. The van der Waals surface area contributed by atoms with Crippen LogP contribution in [-0.2, 0) is 0 Å². The summed E-state index contributed by atoms with van der Waals surface area (Å²) < 4.78 is 0. The first-order valence-electron chi connectivity index (χ1n) is 6.35. The van der Waals surface area contributed by atoms with Crippen LogP contribution in [0.15, 0.2) is 35.9 Å². The van der Waals surface area contributed by atoms with Crippen LogP contribution in [0.2, 0.25) is 0 Å². The van der Waals surface area contributed by atoms with Gasteiger partial charge in [-0.25, -0.2) is 0 Å². The molecule has 0 heterocycles. The van der Waals surface area contributed by atoms with Gasteiger partial charge in [0.05, 0.1) is 5.57 Å². The number of carbonyl (C=O) groups is 2. The van der Waals surface area contributed by atoms with Crippen LogP contribution >= 0.6 is 0 Å². The number of Topliss-reactive ketones (excluding diaryl/α,β-unsaturated/α-hetero) is 2. The van der Waals surface area contributed by atoms with Crippen molar-refractivity contribution in [2.24, 2.45) is 0 Å². The van der Waals surface area contributed by atoms with E-state index in [4.69, 9.17) is 0 Å². The molecule has 100 valence electrons. The van der Waals surface area contributed by atoms with Crippen LogP contribution in [0.4, 0.5) is 0 Å². The Morgan fingerprint density at radius 2 is 1.68 bits per heavy atom. The molecule has 0 aliphatic heterocycles. The Kier molecular flexibility index (Phi) is 4.24. The molecule has 1 N–H and O–H groups in total. The van der Waals surface area contributed by atoms with Gasteiger partial charge in [0.25, 0.3) is 0 Å². The highest BCUT2D eigenvalue weighted by Crippen LogP contribution is 2.25. The zero-order chi connectivity index (χ0) is 13.8. The van der Waals surface area contributed by atoms with Crippen molar-refractivity contribution in [2.45, 2.75) is 0 Å². The number of nitrogens with zero attached hydrogens (tertiary/aromatic N) is 1. The zero-order valence-corrected chi connectivity index (χ0v) is 11.3. The second-order valence-electron chi connectivity index (χ2n) is 4.83. The van der Waals surface area contributed by atoms with Crippen molar-refractivity contribution < 1.29 is 9.59 Å². The predicted molar refractivity (Wildman–Crippen MR) is 74.6 cm³/mol. The number of hydrogen-bond acceptors (Lipinski definition) is 4. The maximum Gasteiger partial charge on any atom is 0.197 e. The van der Waals surface area contributed by atoms with Crippen molar-refractivity contribution in [1.29, 1.82) is 0 Å². The number of nitrogens with one attached hydrogen (secondary N) is 1. The van der Waals surface area contributed by atoms with Gasteiger partial charge in [-0.3, -0.25) is 9.59 Å². The average molecular weight is 258 g/mol. The normalized spacial score (nSPS) is 14.2. The molecule has 0 saturated carbocycles. The molecule has 19 heavy (non-hydrogen) atoms. The van der Waals surface area contributed by atoms with E-state index >= 15 is 0 Å². The lowest BCUT2D eigenvalue weighted by molar-refractivity contribution is 0.0988. The molecular formula is C15H18N2O2. The Morgan fingerprint density at radius 3 is 2.21 bits per heavy atom. The molecule has 1 aromatic rings. The van der Waals surface area contributed by atoms with Gasteiger partial charge in [0.1, 0.15) is 0 Å². The molecule has 4 heteroatoms. The maximum absolute atomic E-state index is 12.1. The third kappa shape index (κ3) is 2.97. The van der Waals surface area contributed by atoms with Gasteiger partial charge in [0.15, 0.2) is 11.6 Å². The molecule has 0 spiro atoms. The fraction of sp³-hybridized carbons (Fsp3) is 0.333. The first kappa shape index (κ1) is 13.6. The molecule has 4 nitrogen and oxygen atoms in total. The highest BCUT2D eigenvalue weighted by molar-refractivity contribution is 6.39. The standard InChI is InChI=1S/C15H18N2O2/c1-17(2)10-9-16-8-7-13-14(18)11-5-3-4-6-12(11)15(13)19/h3-7,16H,8-10H2,1-2H3. The average Bonchev–Trinajstić information content (AvgIpc) is 2.63. The fourth-order valence-electron chi connectivity index (χ4n) is 2.04. The predicted octanol–water partition coefficient (Wildman–Crippen LogP) is 1.14. The number of hydrogen-bond donors (Lipinski definition) is 1. The highest BCUT2D eigenvalue weighted by Gasteiger charge is 2.31. The lowest BCUT2D eigenvalue weighted by Crippen LogP contribution is -2.26. The molecule has 0 saturated heterocycles. The summed E-state index contributed by atoms with van der Waals surface area (Å²) in [6.07, 6.45) is 1.69. The molecule has 0 aromatic heterocycles. The van der Waals surface area contributed by atoms with Crippen LogP contribution in [0.25, 0.3) is 0 Å². The third-order valence-electron chi connectivity index (χ3n) is 3.09. The fourth-order valence-corrected chi connectivity index (χ4v) is 2.04. The van der Waals surface area contributed by atoms with Crippen LogP contribution in [-0.4, -0.2) is 50.2 Å². The first-order chi connectivity index (χ1) is 9.11. The lowest BCUT2D eigenvalue weighted by Gasteiger charge is -2.08. The number of rotatable bonds is 5. The monoisotopic (exact) mass is 258 g/mol. The molecule has 0 fully saturated rings. The lowest BCUT2D eigenvalue weighted by atomic mass is 10.1. The van der Waals surface area contributed by atoms with Crippen LogP contribution in [0.1, 0.15) is 20.7 Å². The van der Waals surface area contributed by atoms with Crippen LogP contribution < -0.4 is 5.32 Å². The minimum absolute atomic E-state index is 0.157. The van der Waals surface area contributed by atoms with Crippen molar-refractivity contribution in [3.8, 4) is 0 Å². The Hall–Kier alpha value is -1.78. The van der Waals surface area contributed by atoms with Gasteiger partial charge < -0.3 is 10.2 Å². The van der Waals surface area contributed by atoms with Gasteiger partial charge in [0.2, 0.25) is 0 Å². The van der Waals surface area contributed by atoms with E-state index < -0.39 is 0 Å². The minimum Gasteiger partial charge on any atom is -0.312 e. The van der Waals surface area contributed by atoms with Crippen molar-refractivity contribution in [1.82, 2.24) is 10.2 Å². The quantitative estimate of drug-likeness (QED) is 0.489. The molecule has 0 atom stereocenters. The van der Waals surface area contributed by atoms with E-state index in [1.54, 1.807) is 30.3 Å². The molecule has 0 radical (unpaired) electrons. The molecule has 0 amide bonds. The number of allylic oxidation sites excluding steroid dienone is 1. The van der Waals surface area contributed by atoms with Gasteiger partial charge in [-0.2, -0.15) is 0 Å². The molecule has 1 aliphatic rings. The Morgan fingerprint density at radius 1 is 1.11 bits per heavy atom. The van der Waals surface area contributed by atoms with Crippen molar-refractivity contribution in [3.05, 3.63) is 47.0 Å². The summed E-state index contributed by atoms with van der Waals surface area (Å²) in [6, 6.07) is 6.97. The molecule has 0 bridgehead atoms. The molecule has 0 unspecified atom stereocenters. The molecule has 1 aliphatic carbocycles. The molecular weight excluding hydrogens is 240 g/mol. The Bertz CT molecular complexity index is 496.